The van der Waals surface area contributed by atoms with E-state index in [4.69, 9.17) is 9.57 Å². The van der Waals surface area contributed by atoms with Crippen LogP contribution in [-0.4, -0.2) is 18.7 Å². The molecule has 0 amide bonds. The SMILES string of the molecule is Cc1ccccc1[C@H]1ON(C)[C@@H]2c3ccccc3OC[C@]12C#N. The van der Waals surface area contributed by atoms with Gasteiger partial charge in [-0.15, -0.1) is 0 Å². The Labute approximate surface area is 135 Å². The average Bonchev–Trinajstić information content (AvgIpc) is 2.89. The second kappa shape index (κ2) is 5.09. The van der Waals surface area contributed by atoms with Gasteiger partial charge in [0.1, 0.15) is 23.9 Å². The third kappa shape index (κ3) is 1.91. The molecule has 3 atom stereocenters. The van der Waals surface area contributed by atoms with Gasteiger partial charge in [0.25, 0.3) is 0 Å². The van der Waals surface area contributed by atoms with E-state index in [-0.39, 0.29) is 12.1 Å². The summed E-state index contributed by atoms with van der Waals surface area (Å²) in [5.41, 5.74) is 2.43. The third-order valence-corrected chi connectivity index (χ3v) is 4.95. The summed E-state index contributed by atoms with van der Waals surface area (Å²) >= 11 is 0. The topological polar surface area (TPSA) is 45.5 Å². The number of hydrogen-bond acceptors (Lipinski definition) is 4. The number of para-hydroxylation sites is 1. The summed E-state index contributed by atoms with van der Waals surface area (Å²) in [6.45, 7) is 2.38. The Morgan fingerprint density at radius 1 is 1.13 bits per heavy atom. The number of fused-ring (bicyclic) bond motifs is 3. The van der Waals surface area contributed by atoms with Crippen molar-refractivity contribution in [2.45, 2.75) is 19.1 Å². The van der Waals surface area contributed by atoms with E-state index in [0.29, 0.717) is 6.61 Å². The highest BCUT2D eigenvalue weighted by atomic mass is 16.7. The molecule has 0 aliphatic carbocycles. The molecule has 116 valence electrons. The van der Waals surface area contributed by atoms with Crippen molar-refractivity contribution in [3.8, 4) is 11.8 Å². The lowest BCUT2D eigenvalue weighted by Crippen LogP contribution is -2.40. The number of nitrogens with zero attached hydrogens (tertiary/aromatic N) is 2. The van der Waals surface area contributed by atoms with Gasteiger partial charge in [-0.2, -0.15) is 10.3 Å². The average molecular weight is 306 g/mol. The Balaban J connectivity index is 1.88. The van der Waals surface area contributed by atoms with Crippen molar-refractivity contribution in [2.24, 2.45) is 5.41 Å². The summed E-state index contributed by atoms with van der Waals surface area (Å²) in [5, 5.41) is 11.9. The first kappa shape index (κ1) is 14.3. The predicted octanol–water partition coefficient (Wildman–Crippen LogP) is 3.56. The van der Waals surface area contributed by atoms with Crippen molar-refractivity contribution in [1.82, 2.24) is 5.06 Å². The highest BCUT2D eigenvalue weighted by Gasteiger charge is 2.60. The highest BCUT2D eigenvalue weighted by Crippen LogP contribution is 2.58. The number of ether oxygens (including phenoxy) is 1. The number of benzene rings is 2. The Hall–Kier alpha value is -2.35. The lowest BCUT2D eigenvalue weighted by molar-refractivity contribution is -0.147. The van der Waals surface area contributed by atoms with Gasteiger partial charge in [0, 0.05) is 12.6 Å². The smallest absolute Gasteiger partial charge is 0.145 e. The van der Waals surface area contributed by atoms with E-state index in [1.807, 2.05) is 54.6 Å². The molecule has 1 saturated heterocycles. The normalized spacial score (nSPS) is 29.3. The van der Waals surface area contributed by atoms with Crippen molar-refractivity contribution < 1.29 is 9.57 Å². The molecule has 4 nitrogen and oxygen atoms in total. The largest absolute Gasteiger partial charge is 0.491 e. The molecule has 0 radical (unpaired) electrons. The molecular weight excluding hydrogens is 288 g/mol. The van der Waals surface area contributed by atoms with E-state index in [1.54, 1.807) is 0 Å². The van der Waals surface area contributed by atoms with Crippen LogP contribution >= 0.6 is 0 Å². The predicted molar refractivity (Wildman–Crippen MR) is 85.5 cm³/mol. The second-order valence-corrected chi connectivity index (χ2v) is 6.27. The summed E-state index contributed by atoms with van der Waals surface area (Å²) in [6.07, 6.45) is -0.336. The van der Waals surface area contributed by atoms with Crippen LogP contribution < -0.4 is 4.74 Å². The van der Waals surface area contributed by atoms with Gasteiger partial charge in [0.15, 0.2) is 0 Å². The van der Waals surface area contributed by atoms with Gasteiger partial charge >= 0.3 is 0 Å². The molecular formula is C19H18N2O2. The first-order chi connectivity index (χ1) is 11.2. The fraction of sp³-hybridized carbons (Fsp3) is 0.316. The highest BCUT2D eigenvalue weighted by molar-refractivity contribution is 5.44. The van der Waals surface area contributed by atoms with Crippen LogP contribution in [0.3, 0.4) is 0 Å². The summed E-state index contributed by atoms with van der Waals surface area (Å²) in [4.78, 5) is 6.16. The van der Waals surface area contributed by atoms with Crippen molar-refractivity contribution in [2.75, 3.05) is 13.7 Å². The van der Waals surface area contributed by atoms with E-state index >= 15 is 0 Å². The fourth-order valence-corrected chi connectivity index (χ4v) is 3.82. The van der Waals surface area contributed by atoms with Crippen molar-refractivity contribution in [1.29, 1.82) is 5.26 Å². The molecule has 0 aromatic heterocycles. The van der Waals surface area contributed by atoms with Gasteiger partial charge in [0.2, 0.25) is 0 Å². The molecule has 0 unspecified atom stereocenters. The standard InChI is InChI=1S/C19H18N2O2/c1-13-7-3-4-8-14(13)18-19(11-20)12-22-16-10-6-5-9-15(16)17(19)21(2)23-18/h3-10,17-18H,12H2,1-2H3/t17-,18-,19+/m1/s1. The molecule has 2 aromatic carbocycles. The van der Waals surface area contributed by atoms with Crippen molar-refractivity contribution >= 4 is 0 Å². The van der Waals surface area contributed by atoms with Crippen molar-refractivity contribution in [3.63, 3.8) is 0 Å². The van der Waals surface area contributed by atoms with Crippen LogP contribution in [0, 0.1) is 23.7 Å². The van der Waals surface area contributed by atoms with Gasteiger partial charge in [0.05, 0.1) is 12.1 Å². The molecule has 2 aliphatic heterocycles. The molecule has 1 fully saturated rings. The molecule has 0 saturated carbocycles. The number of nitriles is 1. The van der Waals surface area contributed by atoms with E-state index in [0.717, 1.165) is 22.4 Å². The van der Waals surface area contributed by atoms with E-state index in [1.165, 1.54) is 0 Å². The zero-order valence-corrected chi connectivity index (χ0v) is 13.2. The van der Waals surface area contributed by atoms with Crippen LogP contribution in [0.4, 0.5) is 0 Å². The molecule has 4 heteroatoms. The lowest BCUT2D eigenvalue weighted by Gasteiger charge is -2.37. The first-order valence-electron chi connectivity index (χ1n) is 7.75. The third-order valence-electron chi connectivity index (χ3n) is 4.95. The molecule has 2 heterocycles. The molecule has 23 heavy (non-hydrogen) atoms. The van der Waals surface area contributed by atoms with Gasteiger partial charge < -0.3 is 4.74 Å². The lowest BCUT2D eigenvalue weighted by atomic mass is 9.71. The maximum absolute atomic E-state index is 10.1. The van der Waals surface area contributed by atoms with Crippen molar-refractivity contribution in [3.05, 3.63) is 65.2 Å². The first-order valence-corrected chi connectivity index (χ1v) is 7.75. The molecule has 0 spiro atoms. The maximum atomic E-state index is 10.1. The quantitative estimate of drug-likeness (QED) is 0.808. The van der Waals surface area contributed by atoms with Gasteiger partial charge in [-0.05, 0) is 24.1 Å². The summed E-state index contributed by atoms with van der Waals surface area (Å²) < 4.78 is 5.94. The Morgan fingerprint density at radius 2 is 1.83 bits per heavy atom. The minimum atomic E-state index is -0.755. The minimum Gasteiger partial charge on any atom is -0.491 e. The second-order valence-electron chi connectivity index (χ2n) is 6.27. The van der Waals surface area contributed by atoms with Crippen LogP contribution in [0.1, 0.15) is 28.8 Å². The van der Waals surface area contributed by atoms with E-state index in [2.05, 4.69) is 19.1 Å². The van der Waals surface area contributed by atoms with Crippen LogP contribution in [0.25, 0.3) is 0 Å². The molecule has 0 bridgehead atoms. The summed E-state index contributed by atoms with van der Waals surface area (Å²) in [7, 11) is 1.90. The van der Waals surface area contributed by atoms with Crippen LogP contribution in [0.15, 0.2) is 48.5 Å². The Morgan fingerprint density at radius 3 is 2.57 bits per heavy atom. The van der Waals surface area contributed by atoms with Gasteiger partial charge in [-0.1, -0.05) is 42.5 Å². The number of hydrogen-bond donors (Lipinski definition) is 0. The molecule has 2 aliphatic rings. The molecule has 2 aromatic rings. The van der Waals surface area contributed by atoms with E-state index in [9.17, 15) is 5.26 Å². The summed E-state index contributed by atoms with van der Waals surface area (Å²) in [6, 6.07) is 18.4. The zero-order chi connectivity index (χ0) is 16.0. The zero-order valence-electron chi connectivity index (χ0n) is 13.2. The summed E-state index contributed by atoms with van der Waals surface area (Å²) in [5.74, 6) is 0.837. The van der Waals surface area contributed by atoms with Crippen LogP contribution in [0.5, 0.6) is 5.75 Å². The Bertz CT molecular complexity index is 798. The molecule has 4 rings (SSSR count). The Kier molecular flexibility index (Phi) is 3.15. The number of hydroxylamine groups is 2. The van der Waals surface area contributed by atoms with Gasteiger partial charge in [-0.3, -0.25) is 4.84 Å². The van der Waals surface area contributed by atoms with E-state index < -0.39 is 5.41 Å². The number of aryl methyl sites for hydroxylation is 1. The number of rotatable bonds is 1. The molecule has 0 N–H and O–H groups in total. The monoisotopic (exact) mass is 306 g/mol. The maximum Gasteiger partial charge on any atom is 0.145 e. The van der Waals surface area contributed by atoms with Crippen LogP contribution in [-0.2, 0) is 4.84 Å². The van der Waals surface area contributed by atoms with Crippen LogP contribution in [0.2, 0.25) is 0 Å². The van der Waals surface area contributed by atoms with Gasteiger partial charge in [-0.25, -0.2) is 0 Å². The fourth-order valence-electron chi connectivity index (χ4n) is 3.82. The minimum absolute atomic E-state index is 0.137.